The lowest BCUT2D eigenvalue weighted by molar-refractivity contribution is -0.129. The summed E-state index contributed by atoms with van der Waals surface area (Å²) in [5.74, 6) is -5.53. The van der Waals surface area contributed by atoms with Gasteiger partial charge >= 0.3 is 0 Å². The van der Waals surface area contributed by atoms with Crippen molar-refractivity contribution in [2.75, 3.05) is 24.5 Å². The lowest BCUT2D eigenvalue weighted by atomic mass is 9.95. The first kappa shape index (κ1) is 24.5. The van der Waals surface area contributed by atoms with Gasteiger partial charge in [0, 0.05) is 32.4 Å². The van der Waals surface area contributed by atoms with Crippen LogP contribution in [0.15, 0.2) is 24.4 Å². The molecule has 12 heteroatoms. The molecule has 0 atom stereocenters. The van der Waals surface area contributed by atoms with Gasteiger partial charge in [0.05, 0.1) is 11.6 Å². The minimum absolute atomic E-state index is 0.139. The number of anilines is 2. The van der Waals surface area contributed by atoms with Crippen LogP contribution in [0.5, 0.6) is 0 Å². The number of amides is 2. The number of carbonyl (C=O) groups excluding carboxylic acids is 2. The molecule has 0 bridgehead atoms. The first-order valence-electron chi connectivity index (χ1n) is 11.2. The molecule has 0 aliphatic heterocycles. The van der Waals surface area contributed by atoms with Crippen LogP contribution in [0.25, 0.3) is 11.0 Å². The molecule has 0 unspecified atom stereocenters. The minimum Gasteiger partial charge on any atom is -0.347 e. The Hall–Kier alpha value is -3.67. The Kier molecular flexibility index (Phi) is 6.92. The van der Waals surface area contributed by atoms with Crippen molar-refractivity contribution in [2.45, 2.75) is 44.7 Å². The highest BCUT2D eigenvalue weighted by molar-refractivity contribution is 6.05. The predicted molar refractivity (Wildman–Crippen MR) is 122 cm³/mol. The molecule has 1 fully saturated rings. The van der Waals surface area contributed by atoms with Gasteiger partial charge in [-0.05, 0) is 18.9 Å². The highest BCUT2D eigenvalue weighted by atomic mass is 19.1. The second kappa shape index (κ2) is 9.90. The number of nitrogens with zero attached hydrogens (tertiary/aromatic N) is 5. The summed E-state index contributed by atoms with van der Waals surface area (Å²) in [6.45, 7) is -0.258. The van der Waals surface area contributed by atoms with Crippen LogP contribution in [0.1, 0.15) is 42.5 Å². The molecule has 35 heavy (non-hydrogen) atoms. The zero-order chi connectivity index (χ0) is 25.3. The molecule has 186 valence electrons. The number of nitrogens with one attached hydrogen (secondary N) is 1. The van der Waals surface area contributed by atoms with Crippen LogP contribution in [-0.2, 0) is 11.3 Å². The second-order valence-corrected chi connectivity index (χ2v) is 8.65. The average molecular weight is 490 g/mol. The number of carbonyl (C=O) groups is 2. The fourth-order valence-corrected chi connectivity index (χ4v) is 4.16. The molecule has 1 saturated carbocycles. The van der Waals surface area contributed by atoms with E-state index in [1.807, 2.05) is 0 Å². The lowest BCUT2D eigenvalue weighted by Crippen LogP contribution is -2.34. The summed E-state index contributed by atoms with van der Waals surface area (Å²) in [4.78, 5) is 35.2. The van der Waals surface area contributed by atoms with Gasteiger partial charge in [0.2, 0.25) is 11.9 Å². The van der Waals surface area contributed by atoms with Crippen molar-refractivity contribution in [1.29, 1.82) is 0 Å². The fraction of sp³-hybridized carbons (Fsp3) is 0.391. The number of rotatable bonds is 6. The third-order valence-corrected chi connectivity index (χ3v) is 6.04. The molecule has 9 nitrogen and oxygen atoms in total. The Morgan fingerprint density at radius 3 is 2.43 bits per heavy atom. The van der Waals surface area contributed by atoms with Gasteiger partial charge in [0.15, 0.2) is 5.82 Å². The van der Waals surface area contributed by atoms with Gasteiger partial charge < -0.3 is 9.47 Å². The third-order valence-electron chi connectivity index (χ3n) is 6.04. The van der Waals surface area contributed by atoms with Crippen LogP contribution < -0.4 is 10.4 Å². The van der Waals surface area contributed by atoms with Crippen molar-refractivity contribution in [2.24, 2.45) is 0 Å². The maximum absolute atomic E-state index is 14.2. The Bertz CT molecular complexity index is 1250. The molecule has 1 aliphatic carbocycles. The molecule has 2 aromatic heterocycles. The summed E-state index contributed by atoms with van der Waals surface area (Å²) >= 11 is 0. The largest absolute Gasteiger partial charge is 0.347 e. The molecular formula is C23H25F3N6O3. The van der Waals surface area contributed by atoms with E-state index in [-0.39, 0.29) is 35.8 Å². The number of hydrogen-bond acceptors (Lipinski definition) is 6. The van der Waals surface area contributed by atoms with Crippen molar-refractivity contribution in [3.05, 3.63) is 47.4 Å². The van der Waals surface area contributed by atoms with E-state index in [0.29, 0.717) is 17.6 Å². The Labute approximate surface area is 199 Å². The molecule has 1 aliphatic rings. The lowest BCUT2D eigenvalue weighted by Gasteiger charge is -2.29. The normalized spacial score (nSPS) is 14.2. The summed E-state index contributed by atoms with van der Waals surface area (Å²) < 4.78 is 43.0. The van der Waals surface area contributed by atoms with Crippen molar-refractivity contribution in [3.8, 4) is 0 Å². The number of aromatic nitrogens is 3. The summed E-state index contributed by atoms with van der Waals surface area (Å²) in [6.07, 6.45) is 5.96. The second-order valence-electron chi connectivity index (χ2n) is 8.65. The number of halogens is 3. The quantitative estimate of drug-likeness (QED) is 0.511. The number of fused-ring (bicyclic) bond motifs is 1. The summed E-state index contributed by atoms with van der Waals surface area (Å²) in [5.41, 5.74) is -0.425. The van der Waals surface area contributed by atoms with E-state index in [4.69, 9.17) is 0 Å². The van der Waals surface area contributed by atoms with Gasteiger partial charge in [-0.3, -0.25) is 20.1 Å². The fourth-order valence-electron chi connectivity index (χ4n) is 4.16. The van der Waals surface area contributed by atoms with E-state index in [1.165, 1.54) is 15.7 Å². The number of benzene rings is 1. The smallest absolute Gasteiger partial charge is 0.263 e. The van der Waals surface area contributed by atoms with Gasteiger partial charge in [-0.15, -0.1) is 0 Å². The third kappa shape index (κ3) is 4.92. The van der Waals surface area contributed by atoms with Crippen LogP contribution >= 0.6 is 0 Å². The van der Waals surface area contributed by atoms with Crippen LogP contribution in [0.3, 0.4) is 0 Å². The standard InChI is InChI=1S/C23H25F3N6O3/c1-30(2)18(33)12-31-17-8-9-27-21(32(35)14-6-4-3-5-7-14)20(17)28-23(31)29-22(34)19-15(25)10-13(24)11-16(19)26/h8-11,14,35H,3-7,12H2,1-2H3,(H,28,29,34). The minimum atomic E-state index is -1.38. The topological polar surface area (TPSA) is 104 Å². The van der Waals surface area contributed by atoms with E-state index in [2.05, 4.69) is 15.3 Å². The molecule has 0 saturated heterocycles. The number of pyridine rings is 1. The van der Waals surface area contributed by atoms with Crippen LogP contribution in [0.2, 0.25) is 0 Å². The van der Waals surface area contributed by atoms with Gasteiger partial charge in [0.1, 0.15) is 35.1 Å². The Morgan fingerprint density at radius 2 is 1.80 bits per heavy atom. The zero-order valence-electron chi connectivity index (χ0n) is 19.3. The van der Waals surface area contributed by atoms with E-state index in [0.717, 1.165) is 37.2 Å². The maximum atomic E-state index is 14.2. The molecule has 2 amide bonds. The predicted octanol–water partition coefficient (Wildman–Crippen LogP) is 3.72. The Balaban J connectivity index is 1.78. The van der Waals surface area contributed by atoms with Crippen molar-refractivity contribution < 1.29 is 28.0 Å². The number of hydrogen-bond donors (Lipinski definition) is 2. The van der Waals surface area contributed by atoms with E-state index >= 15 is 0 Å². The van der Waals surface area contributed by atoms with Crippen molar-refractivity contribution in [1.82, 2.24) is 19.4 Å². The molecule has 4 rings (SSSR count). The zero-order valence-corrected chi connectivity index (χ0v) is 19.3. The van der Waals surface area contributed by atoms with Crippen LogP contribution in [-0.4, -0.2) is 56.6 Å². The molecule has 0 radical (unpaired) electrons. The van der Waals surface area contributed by atoms with Crippen LogP contribution in [0.4, 0.5) is 24.9 Å². The molecule has 2 heterocycles. The number of imidazole rings is 1. The summed E-state index contributed by atoms with van der Waals surface area (Å²) in [5, 5.41) is 14.3. The summed E-state index contributed by atoms with van der Waals surface area (Å²) in [7, 11) is 3.10. The highest BCUT2D eigenvalue weighted by Gasteiger charge is 2.27. The molecule has 0 spiro atoms. The van der Waals surface area contributed by atoms with E-state index in [9.17, 15) is 28.0 Å². The molecule has 1 aromatic carbocycles. The van der Waals surface area contributed by atoms with Crippen LogP contribution in [0, 0.1) is 17.5 Å². The summed E-state index contributed by atoms with van der Waals surface area (Å²) in [6, 6.07) is 2.17. The van der Waals surface area contributed by atoms with Gasteiger partial charge in [0.25, 0.3) is 5.91 Å². The number of likely N-dealkylation sites (N-methyl/N-ethyl adjacent to an activating group) is 1. The van der Waals surface area contributed by atoms with E-state index in [1.54, 1.807) is 20.2 Å². The average Bonchev–Trinajstić information content (AvgIpc) is 3.15. The van der Waals surface area contributed by atoms with Gasteiger partial charge in [-0.1, -0.05) is 19.3 Å². The first-order chi connectivity index (χ1) is 16.7. The monoisotopic (exact) mass is 490 g/mol. The Morgan fingerprint density at radius 1 is 1.14 bits per heavy atom. The van der Waals surface area contributed by atoms with Crippen molar-refractivity contribution >= 4 is 34.6 Å². The first-order valence-corrected chi connectivity index (χ1v) is 11.2. The van der Waals surface area contributed by atoms with Gasteiger partial charge in [-0.25, -0.2) is 28.2 Å². The maximum Gasteiger partial charge on any atom is 0.263 e. The number of hydroxylamine groups is 1. The molecule has 3 aromatic rings. The van der Waals surface area contributed by atoms with Crippen molar-refractivity contribution in [3.63, 3.8) is 0 Å². The highest BCUT2D eigenvalue weighted by Crippen LogP contribution is 2.31. The molecular weight excluding hydrogens is 465 g/mol. The SMILES string of the molecule is CN(C)C(=O)Cn1c(NC(=O)c2c(F)cc(F)cc2F)nc2c(N(O)C3CCCCC3)nccc21. The van der Waals surface area contributed by atoms with Gasteiger partial charge in [-0.2, -0.15) is 0 Å². The molecule has 2 N–H and O–H groups in total. The van der Waals surface area contributed by atoms with E-state index < -0.39 is 28.9 Å².